The van der Waals surface area contributed by atoms with E-state index in [0.717, 1.165) is 19.4 Å². The minimum absolute atomic E-state index is 0. The summed E-state index contributed by atoms with van der Waals surface area (Å²) in [7, 11) is 0. The Labute approximate surface area is 116 Å². The lowest BCUT2D eigenvalue weighted by molar-refractivity contribution is -0.136. The van der Waals surface area contributed by atoms with Gasteiger partial charge in [0.15, 0.2) is 0 Å². The zero-order valence-corrected chi connectivity index (χ0v) is 12.5. The van der Waals surface area contributed by atoms with Gasteiger partial charge in [-0.2, -0.15) is 0 Å². The van der Waals surface area contributed by atoms with Gasteiger partial charge in [-0.1, -0.05) is 20.8 Å². The summed E-state index contributed by atoms with van der Waals surface area (Å²) in [5, 5.41) is 3.05. The van der Waals surface area contributed by atoms with Gasteiger partial charge in [0, 0.05) is 26.3 Å². The Bertz CT molecular complexity index is 253. The third-order valence-corrected chi connectivity index (χ3v) is 4.04. The first-order chi connectivity index (χ1) is 8.02. The van der Waals surface area contributed by atoms with Crippen molar-refractivity contribution in [2.75, 3.05) is 26.3 Å². The molecule has 0 aliphatic carbocycles. The molecule has 0 aromatic heterocycles. The molecular weight excluding hydrogens is 252 g/mol. The van der Waals surface area contributed by atoms with Crippen molar-refractivity contribution >= 4 is 18.3 Å². The van der Waals surface area contributed by atoms with Gasteiger partial charge >= 0.3 is 0 Å². The largest absolute Gasteiger partial charge is 0.381 e. The van der Waals surface area contributed by atoms with Crippen molar-refractivity contribution in [2.45, 2.75) is 33.6 Å². The number of rotatable bonds is 5. The zero-order chi connectivity index (χ0) is 12.9. The highest BCUT2D eigenvalue weighted by molar-refractivity contribution is 5.85. The van der Waals surface area contributed by atoms with Crippen LogP contribution >= 0.6 is 12.4 Å². The van der Waals surface area contributed by atoms with E-state index in [-0.39, 0.29) is 18.3 Å². The third-order valence-electron chi connectivity index (χ3n) is 4.04. The van der Waals surface area contributed by atoms with Gasteiger partial charge in [0.2, 0.25) is 5.91 Å². The van der Waals surface area contributed by atoms with E-state index >= 15 is 0 Å². The molecule has 1 rings (SSSR count). The molecule has 1 aliphatic rings. The molecule has 5 heteroatoms. The first kappa shape index (κ1) is 17.7. The summed E-state index contributed by atoms with van der Waals surface area (Å²) in [6, 6.07) is 0. The average molecular weight is 279 g/mol. The fourth-order valence-electron chi connectivity index (χ4n) is 1.96. The Morgan fingerprint density at radius 1 is 1.33 bits per heavy atom. The van der Waals surface area contributed by atoms with Gasteiger partial charge in [-0.15, -0.1) is 12.4 Å². The van der Waals surface area contributed by atoms with Gasteiger partial charge in [-0.25, -0.2) is 0 Å². The van der Waals surface area contributed by atoms with Crippen molar-refractivity contribution in [3.63, 3.8) is 0 Å². The van der Waals surface area contributed by atoms with Gasteiger partial charge < -0.3 is 15.8 Å². The number of amides is 1. The number of hydrogen-bond acceptors (Lipinski definition) is 3. The molecule has 0 spiro atoms. The maximum atomic E-state index is 12.2. The van der Waals surface area contributed by atoms with E-state index in [1.165, 1.54) is 0 Å². The summed E-state index contributed by atoms with van der Waals surface area (Å²) in [6.07, 6.45) is 1.48. The SMILES string of the molecule is CC(C)C(C)CNC(=O)C1(CN)CCOCC1.Cl. The molecule has 0 aromatic carbocycles. The van der Waals surface area contributed by atoms with E-state index < -0.39 is 5.41 Å². The fraction of sp³-hybridized carbons (Fsp3) is 0.923. The molecule has 4 nitrogen and oxygen atoms in total. The van der Waals surface area contributed by atoms with Crippen molar-refractivity contribution < 1.29 is 9.53 Å². The maximum Gasteiger partial charge on any atom is 0.227 e. The normalized spacial score (nSPS) is 20.1. The molecule has 0 radical (unpaired) electrons. The summed E-state index contributed by atoms with van der Waals surface area (Å²) in [6.45, 7) is 8.93. The van der Waals surface area contributed by atoms with Gasteiger partial charge in [-0.3, -0.25) is 4.79 Å². The number of ether oxygens (including phenoxy) is 1. The third kappa shape index (κ3) is 4.41. The highest BCUT2D eigenvalue weighted by atomic mass is 35.5. The Balaban J connectivity index is 0.00000289. The van der Waals surface area contributed by atoms with Crippen molar-refractivity contribution in [2.24, 2.45) is 23.0 Å². The number of carbonyl (C=O) groups is 1. The second-order valence-corrected chi connectivity index (χ2v) is 5.53. The Hall–Kier alpha value is -0.320. The van der Waals surface area contributed by atoms with Crippen LogP contribution in [-0.2, 0) is 9.53 Å². The van der Waals surface area contributed by atoms with Crippen LogP contribution in [0.5, 0.6) is 0 Å². The summed E-state index contributed by atoms with van der Waals surface area (Å²) in [5.74, 6) is 1.18. The van der Waals surface area contributed by atoms with Crippen molar-refractivity contribution in [1.29, 1.82) is 0 Å². The van der Waals surface area contributed by atoms with E-state index in [4.69, 9.17) is 10.5 Å². The van der Waals surface area contributed by atoms with Crippen LogP contribution < -0.4 is 11.1 Å². The predicted molar refractivity (Wildman–Crippen MR) is 75.8 cm³/mol. The fourth-order valence-corrected chi connectivity index (χ4v) is 1.96. The molecule has 108 valence electrons. The molecule has 1 heterocycles. The molecule has 1 saturated heterocycles. The molecule has 1 amide bonds. The number of carbonyl (C=O) groups excluding carboxylic acids is 1. The van der Waals surface area contributed by atoms with Gasteiger partial charge in [-0.05, 0) is 24.7 Å². The van der Waals surface area contributed by atoms with E-state index in [9.17, 15) is 4.79 Å². The monoisotopic (exact) mass is 278 g/mol. The summed E-state index contributed by atoms with van der Waals surface area (Å²) in [4.78, 5) is 12.2. The van der Waals surface area contributed by atoms with Crippen molar-refractivity contribution in [1.82, 2.24) is 5.32 Å². The lowest BCUT2D eigenvalue weighted by Crippen LogP contribution is -2.50. The first-order valence-corrected chi connectivity index (χ1v) is 6.58. The molecular formula is C13H27ClN2O2. The number of hydrogen-bond donors (Lipinski definition) is 2. The smallest absolute Gasteiger partial charge is 0.227 e. The zero-order valence-electron chi connectivity index (χ0n) is 11.7. The minimum atomic E-state index is -0.394. The summed E-state index contributed by atoms with van der Waals surface area (Å²) < 4.78 is 5.31. The van der Waals surface area contributed by atoms with Crippen LogP contribution in [0, 0.1) is 17.3 Å². The molecule has 1 atom stereocenters. The molecule has 0 aromatic rings. The first-order valence-electron chi connectivity index (χ1n) is 6.58. The van der Waals surface area contributed by atoms with E-state index in [1.54, 1.807) is 0 Å². The lowest BCUT2D eigenvalue weighted by Gasteiger charge is -2.35. The van der Waals surface area contributed by atoms with Crippen LogP contribution in [0.15, 0.2) is 0 Å². The predicted octanol–water partition coefficient (Wildman–Crippen LogP) is 1.57. The van der Waals surface area contributed by atoms with Crippen LogP contribution in [0.2, 0.25) is 0 Å². The summed E-state index contributed by atoms with van der Waals surface area (Å²) >= 11 is 0. The van der Waals surface area contributed by atoms with Crippen LogP contribution in [0.3, 0.4) is 0 Å². The molecule has 3 N–H and O–H groups in total. The van der Waals surface area contributed by atoms with Gasteiger partial charge in [0.05, 0.1) is 5.41 Å². The minimum Gasteiger partial charge on any atom is -0.381 e. The molecule has 1 aliphatic heterocycles. The Morgan fingerprint density at radius 2 is 1.89 bits per heavy atom. The Morgan fingerprint density at radius 3 is 2.33 bits per heavy atom. The number of nitrogens with one attached hydrogen (secondary N) is 1. The van der Waals surface area contributed by atoms with Crippen LogP contribution in [-0.4, -0.2) is 32.2 Å². The average Bonchev–Trinajstić information content (AvgIpc) is 2.36. The standard InChI is InChI=1S/C13H26N2O2.ClH/c1-10(2)11(3)8-15-12(16)13(9-14)4-6-17-7-5-13;/h10-11H,4-9,14H2,1-3H3,(H,15,16);1H. The highest BCUT2D eigenvalue weighted by Crippen LogP contribution is 2.29. The molecule has 0 bridgehead atoms. The van der Waals surface area contributed by atoms with Gasteiger partial charge in [0.25, 0.3) is 0 Å². The number of halogens is 1. The topological polar surface area (TPSA) is 64.4 Å². The Kier molecular flexibility index (Phi) is 7.83. The molecule has 1 fully saturated rings. The van der Waals surface area contributed by atoms with E-state index in [2.05, 4.69) is 26.1 Å². The van der Waals surface area contributed by atoms with E-state index in [0.29, 0.717) is 31.6 Å². The molecule has 0 saturated carbocycles. The summed E-state index contributed by atoms with van der Waals surface area (Å²) in [5.41, 5.74) is 5.40. The second kappa shape index (κ2) is 7.97. The van der Waals surface area contributed by atoms with Crippen molar-refractivity contribution in [3.8, 4) is 0 Å². The van der Waals surface area contributed by atoms with Crippen molar-refractivity contribution in [3.05, 3.63) is 0 Å². The van der Waals surface area contributed by atoms with Crippen LogP contribution in [0.25, 0.3) is 0 Å². The van der Waals surface area contributed by atoms with Gasteiger partial charge in [0.1, 0.15) is 0 Å². The number of nitrogens with two attached hydrogens (primary N) is 1. The highest BCUT2D eigenvalue weighted by Gasteiger charge is 2.38. The second-order valence-electron chi connectivity index (χ2n) is 5.53. The maximum absolute atomic E-state index is 12.2. The van der Waals surface area contributed by atoms with Crippen LogP contribution in [0.4, 0.5) is 0 Å². The quantitative estimate of drug-likeness (QED) is 0.802. The lowest BCUT2D eigenvalue weighted by atomic mass is 9.79. The van der Waals surface area contributed by atoms with Crippen LogP contribution in [0.1, 0.15) is 33.6 Å². The molecule has 18 heavy (non-hydrogen) atoms. The van der Waals surface area contributed by atoms with E-state index in [1.807, 2.05) is 0 Å². The molecule has 1 unspecified atom stereocenters.